The first-order valence-electron chi connectivity index (χ1n) is 14.6. The van der Waals surface area contributed by atoms with Crippen molar-refractivity contribution < 1.29 is 23.9 Å². The van der Waals surface area contributed by atoms with Crippen molar-refractivity contribution in [2.45, 2.75) is 50.9 Å². The molecule has 0 unspecified atom stereocenters. The molecule has 0 aromatic heterocycles. The van der Waals surface area contributed by atoms with Crippen LogP contribution in [0.4, 0.5) is 9.59 Å². The van der Waals surface area contributed by atoms with Gasteiger partial charge in [0, 0.05) is 19.0 Å². The van der Waals surface area contributed by atoms with Crippen molar-refractivity contribution in [2.75, 3.05) is 6.61 Å². The lowest BCUT2D eigenvalue weighted by atomic mass is 9.99. The number of nitrogens with zero attached hydrogens (tertiary/aromatic N) is 2. The zero-order valence-corrected chi connectivity index (χ0v) is 24.1. The lowest BCUT2D eigenvalue weighted by Gasteiger charge is -2.32. The van der Waals surface area contributed by atoms with Crippen molar-refractivity contribution in [3.05, 3.63) is 144 Å². The van der Waals surface area contributed by atoms with E-state index in [1.807, 2.05) is 121 Å². The zero-order valence-electron chi connectivity index (χ0n) is 24.1. The summed E-state index contributed by atoms with van der Waals surface area (Å²) >= 11 is 0. The van der Waals surface area contributed by atoms with Crippen LogP contribution in [0.3, 0.4) is 0 Å². The number of carbonyl (C=O) groups is 3. The highest BCUT2D eigenvalue weighted by molar-refractivity contribution is 5.93. The lowest BCUT2D eigenvalue weighted by molar-refractivity contribution is -0.129. The zero-order chi connectivity index (χ0) is 29.9. The number of benzene rings is 4. The number of ether oxygens (including phenoxy) is 2. The number of imide groups is 1. The van der Waals surface area contributed by atoms with Gasteiger partial charge in [0.2, 0.25) is 5.91 Å². The van der Waals surface area contributed by atoms with Gasteiger partial charge in [-0.1, -0.05) is 121 Å². The minimum absolute atomic E-state index is 0.0785. The molecule has 1 saturated heterocycles. The topological polar surface area (TPSA) is 76.2 Å². The Labute approximate surface area is 252 Å². The third kappa shape index (κ3) is 8.32. The quantitative estimate of drug-likeness (QED) is 0.185. The minimum Gasteiger partial charge on any atom is -0.447 e. The van der Waals surface area contributed by atoms with Crippen LogP contribution in [0.1, 0.15) is 35.1 Å². The Morgan fingerprint density at radius 2 is 1.30 bits per heavy atom. The van der Waals surface area contributed by atoms with Crippen molar-refractivity contribution in [1.29, 1.82) is 0 Å². The highest BCUT2D eigenvalue weighted by Gasteiger charge is 2.38. The number of cyclic esters (lactones) is 1. The van der Waals surface area contributed by atoms with Crippen LogP contribution in [0.5, 0.6) is 0 Å². The molecule has 1 heterocycles. The highest BCUT2D eigenvalue weighted by Crippen LogP contribution is 2.23. The van der Waals surface area contributed by atoms with Gasteiger partial charge in [0.25, 0.3) is 0 Å². The molecular formula is C36H36N2O5. The Balaban J connectivity index is 1.35. The standard InChI is InChI=1S/C36H36N2O5/c39-34(38-33(27-43-36(38)41)24-29-15-7-2-8-16-29)22-21-32(23-28-13-5-1-6-14-28)37(25-30-17-9-3-10-18-30)35(40)42-26-31-19-11-4-12-20-31/h1-20,32-33H,21-27H2/t32-,33+/m1/s1. The van der Waals surface area contributed by atoms with Gasteiger partial charge in [-0.25, -0.2) is 14.5 Å². The maximum atomic E-state index is 13.7. The van der Waals surface area contributed by atoms with E-state index >= 15 is 0 Å². The lowest BCUT2D eigenvalue weighted by Crippen LogP contribution is -2.44. The van der Waals surface area contributed by atoms with Gasteiger partial charge >= 0.3 is 12.2 Å². The first-order chi connectivity index (χ1) is 21.1. The molecule has 0 saturated carbocycles. The third-order valence-electron chi connectivity index (χ3n) is 7.63. The molecule has 220 valence electrons. The number of rotatable bonds is 12. The van der Waals surface area contributed by atoms with Crippen molar-refractivity contribution in [3.63, 3.8) is 0 Å². The van der Waals surface area contributed by atoms with Gasteiger partial charge in [0.15, 0.2) is 0 Å². The summed E-state index contributed by atoms with van der Waals surface area (Å²) in [4.78, 5) is 42.9. The molecule has 1 aliphatic heterocycles. The van der Waals surface area contributed by atoms with E-state index in [2.05, 4.69) is 0 Å². The molecule has 0 aliphatic carbocycles. The van der Waals surface area contributed by atoms with Gasteiger partial charge in [-0.3, -0.25) is 4.79 Å². The molecule has 3 amide bonds. The second-order valence-corrected chi connectivity index (χ2v) is 10.7. The molecule has 2 atom stereocenters. The van der Waals surface area contributed by atoms with E-state index in [1.165, 1.54) is 4.90 Å². The third-order valence-corrected chi connectivity index (χ3v) is 7.63. The van der Waals surface area contributed by atoms with Gasteiger partial charge in [-0.15, -0.1) is 0 Å². The van der Waals surface area contributed by atoms with E-state index in [1.54, 1.807) is 4.90 Å². The predicted molar refractivity (Wildman–Crippen MR) is 164 cm³/mol. The Hall–Kier alpha value is -4.91. The summed E-state index contributed by atoms with van der Waals surface area (Å²) in [5.74, 6) is -0.307. The van der Waals surface area contributed by atoms with E-state index in [4.69, 9.17) is 9.47 Å². The molecule has 43 heavy (non-hydrogen) atoms. The molecule has 0 N–H and O–H groups in total. The largest absolute Gasteiger partial charge is 0.447 e. The van der Waals surface area contributed by atoms with Crippen molar-refractivity contribution in [2.24, 2.45) is 0 Å². The molecule has 0 bridgehead atoms. The first kappa shape index (κ1) is 29.6. The summed E-state index contributed by atoms with van der Waals surface area (Å²) in [7, 11) is 0. The van der Waals surface area contributed by atoms with Gasteiger partial charge in [-0.05, 0) is 41.5 Å². The van der Waals surface area contributed by atoms with Gasteiger partial charge < -0.3 is 14.4 Å². The van der Waals surface area contributed by atoms with Crippen LogP contribution in [-0.2, 0) is 40.3 Å². The smallest absolute Gasteiger partial charge is 0.416 e. The van der Waals surface area contributed by atoms with Crippen molar-refractivity contribution >= 4 is 18.1 Å². The molecule has 5 rings (SSSR count). The summed E-state index contributed by atoms with van der Waals surface area (Å²) < 4.78 is 11.1. The van der Waals surface area contributed by atoms with E-state index in [9.17, 15) is 14.4 Å². The molecule has 1 fully saturated rings. The van der Waals surface area contributed by atoms with Crippen LogP contribution in [0.15, 0.2) is 121 Å². The van der Waals surface area contributed by atoms with Gasteiger partial charge in [-0.2, -0.15) is 0 Å². The molecule has 4 aromatic rings. The van der Waals surface area contributed by atoms with Crippen LogP contribution >= 0.6 is 0 Å². The fraction of sp³-hybridized carbons (Fsp3) is 0.250. The molecule has 7 nitrogen and oxygen atoms in total. The Bertz CT molecular complexity index is 1470. The summed E-state index contributed by atoms with van der Waals surface area (Å²) in [5, 5.41) is 0. The Morgan fingerprint density at radius 3 is 1.91 bits per heavy atom. The minimum atomic E-state index is -0.617. The first-order valence-corrected chi connectivity index (χ1v) is 14.6. The van der Waals surface area contributed by atoms with Crippen LogP contribution in [0.25, 0.3) is 0 Å². The van der Waals surface area contributed by atoms with E-state index in [0.717, 1.165) is 22.3 Å². The Kier molecular flexibility index (Phi) is 10.2. The van der Waals surface area contributed by atoms with Gasteiger partial charge in [0.1, 0.15) is 13.2 Å². The number of amides is 3. The molecule has 0 spiro atoms. The second-order valence-electron chi connectivity index (χ2n) is 10.7. The molecule has 0 radical (unpaired) electrons. The fourth-order valence-electron chi connectivity index (χ4n) is 5.39. The fourth-order valence-corrected chi connectivity index (χ4v) is 5.39. The van der Waals surface area contributed by atoms with Crippen molar-refractivity contribution in [3.8, 4) is 0 Å². The summed E-state index contributed by atoms with van der Waals surface area (Å²) in [6.45, 7) is 0.629. The van der Waals surface area contributed by atoms with Crippen LogP contribution in [0.2, 0.25) is 0 Å². The maximum Gasteiger partial charge on any atom is 0.416 e. The maximum absolute atomic E-state index is 13.7. The van der Waals surface area contributed by atoms with Gasteiger partial charge in [0.05, 0.1) is 6.04 Å². The summed E-state index contributed by atoms with van der Waals surface area (Å²) in [6, 6.07) is 38.2. The molecule has 7 heteroatoms. The predicted octanol–water partition coefficient (Wildman–Crippen LogP) is 6.81. The Morgan fingerprint density at radius 1 is 0.767 bits per heavy atom. The highest BCUT2D eigenvalue weighted by atomic mass is 16.6. The molecular weight excluding hydrogens is 540 g/mol. The molecule has 4 aromatic carbocycles. The average molecular weight is 577 g/mol. The average Bonchev–Trinajstić information content (AvgIpc) is 3.42. The van der Waals surface area contributed by atoms with E-state index < -0.39 is 12.2 Å². The number of hydrogen-bond acceptors (Lipinski definition) is 5. The summed E-state index contributed by atoms with van der Waals surface area (Å²) in [6.07, 6.45) is 0.409. The molecule has 1 aliphatic rings. The van der Waals surface area contributed by atoms with Crippen LogP contribution in [-0.4, -0.2) is 46.6 Å². The van der Waals surface area contributed by atoms with Crippen molar-refractivity contribution in [1.82, 2.24) is 9.80 Å². The van der Waals surface area contributed by atoms with Crippen LogP contribution < -0.4 is 0 Å². The second kappa shape index (κ2) is 14.8. The van der Waals surface area contributed by atoms with E-state index in [-0.39, 0.29) is 37.6 Å². The normalized spacial score (nSPS) is 15.0. The van der Waals surface area contributed by atoms with E-state index in [0.29, 0.717) is 25.8 Å². The number of carbonyl (C=O) groups excluding carboxylic acids is 3. The summed E-state index contributed by atoms with van der Waals surface area (Å²) in [5.41, 5.74) is 3.91. The number of hydrogen-bond donors (Lipinski definition) is 0. The van der Waals surface area contributed by atoms with Crippen LogP contribution in [0, 0.1) is 0 Å². The SMILES string of the molecule is O=C(OCc1ccccc1)N(Cc1ccccc1)[C@H](CCC(=O)N1C(=O)OC[C@@H]1Cc1ccccc1)Cc1ccccc1. The monoisotopic (exact) mass is 576 g/mol.